The van der Waals surface area contributed by atoms with E-state index in [-0.39, 0.29) is 11.4 Å². The van der Waals surface area contributed by atoms with Gasteiger partial charge in [0.2, 0.25) is 5.91 Å². The smallest absolute Gasteiger partial charge is 0.225 e. The van der Waals surface area contributed by atoms with E-state index in [0.717, 1.165) is 11.3 Å². The molecule has 0 radical (unpaired) electrons. The number of carbonyl (C=O) groups is 1. The molecule has 18 heavy (non-hydrogen) atoms. The number of rotatable bonds is 4. The number of hydrogen-bond donors (Lipinski definition) is 2. The molecule has 0 fully saturated rings. The van der Waals surface area contributed by atoms with Crippen molar-refractivity contribution in [3.8, 4) is 0 Å². The van der Waals surface area contributed by atoms with Crippen molar-refractivity contribution in [1.82, 2.24) is 5.32 Å². The van der Waals surface area contributed by atoms with E-state index < -0.39 is 0 Å². The van der Waals surface area contributed by atoms with Gasteiger partial charge in [-0.1, -0.05) is 17.7 Å². The molecule has 0 unspecified atom stereocenters. The highest BCUT2D eigenvalue weighted by Crippen LogP contribution is 2.22. The highest BCUT2D eigenvalue weighted by Gasteiger charge is 2.10. The Bertz CT molecular complexity index is 424. The zero-order valence-corrected chi connectivity index (χ0v) is 12.2. The third-order valence-corrected chi connectivity index (χ3v) is 2.96. The number of carbonyl (C=O) groups excluding carboxylic acids is 1. The normalized spacial score (nSPS) is 11.4. The van der Waals surface area contributed by atoms with Gasteiger partial charge in [-0.15, -0.1) is 0 Å². The number of hydrogen-bond acceptors (Lipinski definition) is 2. The molecule has 2 N–H and O–H groups in total. The zero-order chi connectivity index (χ0) is 13.8. The molecule has 0 aliphatic carbocycles. The summed E-state index contributed by atoms with van der Waals surface area (Å²) in [7, 11) is 0. The highest BCUT2D eigenvalue weighted by atomic mass is 35.5. The van der Waals surface area contributed by atoms with Crippen molar-refractivity contribution < 1.29 is 4.79 Å². The Balaban J connectivity index is 2.48. The Morgan fingerprint density at radius 3 is 2.61 bits per heavy atom. The van der Waals surface area contributed by atoms with Crippen LogP contribution in [0.1, 0.15) is 32.8 Å². The van der Waals surface area contributed by atoms with E-state index in [9.17, 15) is 4.79 Å². The monoisotopic (exact) mass is 268 g/mol. The van der Waals surface area contributed by atoms with Crippen LogP contribution in [0.2, 0.25) is 5.02 Å². The predicted octanol–water partition coefficient (Wildman–Crippen LogP) is 3.37. The Hall–Kier alpha value is -1.06. The van der Waals surface area contributed by atoms with Crippen LogP contribution in [0.25, 0.3) is 0 Å². The fourth-order valence-electron chi connectivity index (χ4n) is 1.51. The van der Waals surface area contributed by atoms with E-state index in [1.807, 2.05) is 25.1 Å². The standard InChI is InChI=1S/C14H21ClN2O/c1-10-11(15)6-5-7-12(10)17-13(18)8-9-16-14(2,3)4/h5-7,16H,8-9H2,1-4H3,(H,17,18). The van der Waals surface area contributed by atoms with Crippen LogP contribution in [-0.4, -0.2) is 18.0 Å². The second kappa shape index (κ2) is 6.21. The first-order chi connectivity index (χ1) is 8.29. The van der Waals surface area contributed by atoms with Crippen molar-refractivity contribution in [1.29, 1.82) is 0 Å². The fourth-order valence-corrected chi connectivity index (χ4v) is 1.68. The minimum absolute atomic E-state index is 0.00267. The lowest BCUT2D eigenvalue weighted by atomic mass is 10.1. The van der Waals surface area contributed by atoms with E-state index in [2.05, 4.69) is 31.4 Å². The summed E-state index contributed by atoms with van der Waals surface area (Å²) in [5, 5.41) is 6.82. The molecule has 0 aliphatic heterocycles. The van der Waals surface area contributed by atoms with Gasteiger partial charge in [-0.2, -0.15) is 0 Å². The SMILES string of the molecule is Cc1c(Cl)cccc1NC(=O)CCNC(C)(C)C. The minimum atomic E-state index is -0.00267. The summed E-state index contributed by atoms with van der Waals surface area (Å²) in [6.45, 7) is 8.78. The van der Waals surface area contributed by atoms with Crippen LogP contribution in [0.5, 0.6) is 0 Å². The van der Waals surface area contributed by atoms with E-state index in [1.54, 1.807) is 0 Å². The van der Waals surface area contributed by atoms with Gasteiger partial charge in [-0.05, 0) is 45.4 Å². The molecular formula is C14H21ClN2O. The third-order valence-electron chi connectivity index (χ3n) is 2.55. The number of anilines is 1. The molecule has 0 saturated heterocycles. The highest BCUT2D eigenvalue weighted by molar-refractivity contribution is 6.31. The summed E-state index contributed by atoms with van der Waals surface area (Å²) in [5.41, 5.74) is 1.71. The second-order valence-electron chi connectivity index (χ2n) is 5.39. The van der Waals surface area contributed by atoms with Gasteiger partial charge < -0.3 is 10.6 Å². The van der Waals surface area contributed by atoms with Gasteiger partial charge in [0.05, 0.1) is 0 Å². The topological polar surface area (TPSA) is 41.1 Å². The summed E-state index contributed by atoms with van der Waals surface area (Å²) in [4.78, 5) is 11.8. The van der Waals surface area contributed by atoms with Crippen molar-refractivity contribution >= 4 is 23.2 Å². The molecule has 1 aromatic carbocycles. The van der Waals surface area contributed by atoms with E-state index in [1.165, 1.54) is 0 Å². The molecule has 0 bridgehead atoms. The molecule has 0 heterocycles. The first-order valence-electron chi connectivity index (χ1n) is 6.09. The number of halogens is 1. The lowest BCUT2D eigenvalue weighted by Gasteiger charge is -2.20. The zero-order valence-electron chi connectivity index (χ0n) is 11.4. The summed E-state index contributed by atoms with van der Waals surface area (Å²) in [6, 6.07) is 5.50. The molecule has 1 aromatic rings. The van der Waals surface area contributed by atoms with Crippen LogP contribution in [-0.2, 0) is 4.79 Å². The van der Waals surface area contributed by atoms with Crippen molar-refractivity contribution in [3.05, 3.63) is 28.8 Å². The molecule has 4 heteroatoms. The minimum Gasteiger partial charge on any atom is -0.326 e. The molecule has 100 valence electrons. The molecule has 0 spiro atoms. The Labute approximate surface area is 114 Å². The molecular weight excluding hydrogens is 248 g/mol. The number of nitrogens with one attached hydrogen (secondary N) is 2. The Morgan fingerprint density at radius 1 is 1.33 bits per heavy atom. The lowest BCUT2D eigenvalue weighted by Crippen LogP contribution is -2.37. The van der Waals surface area contributed by atoms with Crippen molar-refractivity contribution in [2.75, 3.05) is 11.9 Å². The fraction of sp³-hybridized carbons (Fsp3) is 0.500. The molecule has 0 atom stereocenters. The molecule has 0 saturated carbocycles. The van der Waals surface area contributed by atoms with Crippen LogP contribution in [0, 0.1) is 6.92 Å². The summed E-state index contributed by atoms with van der Waals surface area (Å²) < 4.78 is 0. The maximum Gasteiger partial charge on any atom is 0.225 e. The number of benzene rings is 1. The molecule has 1 rings (SSSR count). The summed E-state index contributed by atoms with van der Waals surface area (Å²) in [6.07, 6.45) is 0.448. The second-order valence-corrected chi connectivity index (χ2v) is 5.79. The van der Waals surface area contributed by atoms with Crippen LogP contribution in [0.4, 0.5) is 5.69 Å². The maximum atomic E-state index is 11.8. The predicted molar refractivity (Wildman–Crippen MR) is 77.2 cm³/mol. The van der Waals surface area contributed by atoms with Crippen LogP contribution >= 0.6 is 11.6 Å². The van der Waals surface area contributed by atoms with Crippen LogP contribution in [0.15, 0.2) is 18.2 Å². The van der Waals surface area contributed by atoms with Crippen LogP contribution in [0.3, 0.4) is 0 Å². The quantitative estimate of drug-likeness (QED) is 0.879. The van der Waals surface area contributed by atoms with Gasteiger partial charge in [0.25, 0.3) is 0 Å². The Morgan fingerprint density at radius 2 is 2.00 bits per heavy atom. The van der Waals surface area contributed by atoms with Gasteiger partial charge >= 0.3 is 0 Å². The van der Waals surface area contributed by atoms with Gasteiger partial charge in [0.15, 0.2) is 0 Å². The average Bonchev–Trinajstić information content (AvgIpc) is 2.23. The van der Waals surface area contributed by atoms with Gasteiger partial charge in [-0.25, -0.2) is 0 Å². The van der Waals surface area contributed by atoms with Gasteiger partial charge in [-0.3, -0.25) is 4.79 Å². The van der Waals surface area contributed by atoms with Crippen molar-refractivity contribution in [2.24, 2.45) is 0 Å². The van der Waals surface area contributed by atoms with E-state index >= 15 is 0 Å². The average molecular weight is 269 g/mol. The lowest BCUT2D eigenvalue weighted by molar-refractivity contribution is -0.116. The Kier molecular flexibility index (Phi) is 5.17. The third kappa shape index (κ3) is 5.07. The van der Waals surface area contributed by atoms with Gasteiger partial charge in [0.1, 0.15) is 0 Å². The van der Waals surface area contributed by atoms with Crippen molar-refractivity contribution in [3.63, 3.8) is 0 Å². The van der Waals surface area contributed by atoms with E-state index in [4.69, 9.17) is 11.6 Å². The van der Waals surface area contributed by atoms with Gasteiger partial charge in [0, 0.05) is 29.2 Å². The largest absolute Gasteiger partial charge is 0.326 e. The van der Waals surface area contributed by atoms with Crippen LogP contribution < -0.4 is 10.6 Å². The molecule has 0 aliphatic rings. The summed E-state index contributed by atoms with van der Waals surface area (Å²) in [5.74, 6) is -0.00267. The van der Waals surface area contributed by atoms with E-state index in [0.29, 0.717) is 18.0 Å². The molecule has 3 nitrogen and oxygen atoms in total. The van der Waals surface area contributed by atoms with Crippen molar-refractivity contribution in [2.45, 2.75) is 39.7 Å². The molecule has 1 amide bonds. The maximum absolute atomic E-state index is 11.8. The summed E-state index contributed by atoms with van der Waals surface area (Å²) >= 11 is 6.00. The molecule has 0 aromatic heterocycles. The number of amides is 1. The first kappa shape index (κ1) is 15.0. The first-order valence-corrected chi connectivity index (χ1v) is 6.47.